The van der Waals surface area contributed by atoms with Gasteiger partial charge in [0.2, 0.25) is 5.91 Å². The van der Waals surface area contributed by atoms with Crippen LogP contribution >= 0.6 is 0 Å². The number of ether oxygens (including phenoxy) is 1. The third kappa shape index (κ3) is 6.39. The van der Waals surface area contributed by atoms with E-state index in [0.29, 0.717) is 19.3 Å². The van der Waals surface area contributed by atoms with Gasteiger partial charge in [-0.05, 0) is 18.3 Å². The van der Waals surface area contributed by atoms with Gasteiger partial charge in [-0.25, -0.2) is 0 Å². The van der Waals surface area contributed by atoms with Crippen LogP contribution in [0.4, 0.5) is 0 Å². The van der Waals surface area contributed by atoms with E-state index in [1.54, 1.807) is 0 Å². The molecule has 1 saturated carbocycles. The summed E-state index contributed by atoms with van der Waals surface area (Å²) < 4.78 is 5.82. The third-order valence-electron chi connectivity index (χ3n) is 3.77. The van der Waals surface area contributed by atoms with Crippen LogP contribution in [0.2, 0.25) is 0 Å². The third-order valence-corrected chi connectivity index (χ3v) is 3.77. The van der Waals surface area contributed by atoms with Crippen LogP contribution in [-0.4, -0.2) is 31.2 Å². The molecule has 1 fully saturated rings. The van der Waals surface area contributed by atoms with Crippen molar-refractivity contribution in [3.8, 4) is 0 Å². The van der Waals surface area contributed by atoms with Gasteiger partial charge in [-0.15, -0.1) is 0 Å². The highest BCUT2D eigenvalue weighted by atomic mass is 16.5. The van der Waals surface area contributed by atoms with Crippen molar-refractivity contribution in [2.24, 2.45) is 11.1 Å². The molecule has 19 heavy (non-hydrogen) atoms. The van der Waals surface area contributed by atoms with Gasteiger partial charge < -0.3 is 15.8 Å². The van der Waals surface area contributed by atoms with Crippen LogP contribution in [0.1, 0.15) is 59.3 Å². The number of rotatable bonds is 5. The Labute approximate surface area is 117 Å². The smallest absolute Gasteiger partial charge is 0.237 e. The van der Waals surface area contributed by atoms with E-state index < -0.39 is 6.04 Å². The van der Waals surface area contributed by atoms with E-state index in [2.05, 4.69) is 5.32 Å². The quantitative estimate of drug-likeness (QED) is 0.594. The van der Waals surface area contributed by atoms with Gasteiger partial charge in [0, 0.05) is 6.54 Å². The number of nitrogens with two attached hydrogens (primary N) is 1. The molecule has 0 heterocycles. The number of carbonyl (C=O) groups is 1. The molecule has 1 atom stereocenters. The zero-order valence-electron chi connectivity index (χ0n) is 12.7. The van der Waals surface area contributed by atoms with E-state index in [1.165, 1.54) is 25.7 Å². The van der Waals surface area contributed by atoms with Gasteiger partial charge in [-0.2, -0.15) is 0 Å². The number of carbonyl (C=O) groups excluding carboxylic acids is 1. The summed E-state index contributed by atoms with van der Waals surface area (Å²) in [4.78, 5) is 11.8. The maximum Gasteiger partial charge on any atom is 0.237 e. The highest BCUT2D eigenvalue weighted by Crippen LogP contribution is 2.19. The van der Waals surface area contributed by atoms with Crippen molar-refractivity contribution < 1.29 is 9.53 Å². The summed E-state index contributed by atoms with van der Waals surface area (Å²) in [6.45, 7) is 7.06. The van der Waals surface area contributed by atoms with Crippen LogP contribution < -0.4 is 11.1 Å². The maximum absolute atomic E-state index is 11.8. The van der Waals surface area contributed by atoms with Crippen molar-refractivity contribution in [3.05, 3.63) is 0 Å². The maximum atomic E-state index is 11.8. The van der Waals surface area contributed by atoms with Gasteiger partial charge in [-0.1, -0.05) is 46.5 Å². The molecule has 3 N–H and O–H groups in total. The SMILES string of the molecule is CC(C)(C)[C@H](N)C(=O)NCCOC1CCCCCC1. The molecule has 0 bridgehead atoms. The summed E-state index contributed by atoms with van der Waals surface area (Å²) in [6.07, 6.45) is 7.91. The molecule has 0 aromatic heterocycles. The van der Waals surface area contributed by atoms with Crippen molar-refractivity contribution in [3.63, 3.8) is 0 Å². The molecule has 0 radical (unpaired) electrons. The fraction of sp³-hybridized carbons (Fsp3) is 0.933. The predicted molar refractivity (Wildman–Crippen MR) is 77.9 cm³/mol. The standard InChI is InChI=1S/C15H30N2O2/c1-15(2,3)13(16)14(18)17-10-11-19-12-8-6-4-5-7-9-12/h12-13H,4-11,16H2,1-3H3,(H,17,18)/t13-/m1/s1. The second kappa shape index (κ2) is 7.85. The summed E-state index contributed by atoms with van der Waals surface area (Å²) in [7, 11) is 0. The minimum atomic E-state index is -0.467. The van der Waals surface area contributed by atoms with Gasteiger partial charge in [0.25, 0.3) is 0 Å². The first-order chi connectivity index (χ1) is 8.91. The van der Waals surface area contributed by atoms with Crippen molar-refractivity contribution in [1.29, 1.82) is 0 Å². The molecular formula is C15H30N2O2. The number of hydrogen-bond donors (Lipinski definition) is 2. The number of amides is 1. The molecule has 0 unspecified atom stereocenters. The molecule has 1 amide bonds. The molecule has 4 nitrogen and oxygen atoms in total. The van der Waals surface area contributed by atoms with E-state index in [0.717, 1.165) is 12.8 Å². The van der Waals surface area contributed by atoms with Crippen LogP contribution in [0, 0.1) is 5.41 Å². The van der Waals surface area contributed by atoms with E-state index in [1.807, 2.05) is 20.8 Å². The van der Waals surface area contributed by atoms with Gasteiger partial charge in [-0.3, -0.25) is 4.79 Å². The lowest BCUT2D eigenvalue weighted by Crippen LogP contribution is -2.49. The highest BCUT2D eigenvalue weighted by molar-refractivity contribution is 5.82. The average Bonchev–Trinajstić information content (AvgIpc) is 2.60. The van der Waals surface area contributed by atoms with Gasteiger partial charge in [0.05, 0.1) is 18.8 Å². The fourth-order valence-electron chi connectivity index (χ4n) is 2.31. The first-order valence-electron chi connectivity index (χ1n) is 7.56. The normalized spacial score (nSPS) is 19.8. The molecular weight excluding hydrogens is 240 g/mol. The van der Waals surface area contributed by atoms with Gasteiger partial charge in [0.1, 0.15) is 0 Å². The van der Waals surface area contributed by atoms with Crippen molar-refractivity contribution in [2.75, 3.05) is 13.2 Å². The first-order valence-corrected chi connectivity index (χ1v) is 7.56. The van der Waals surface area contributed by atoms with E-state index in [-0.39, 0.29) is 11.3 Å². The Morgan fingerprint density at radius 2 is 1.84 bits per heavy atom. The van der Waals surface area contributed by atoms with Crippen LogP contribution in [-0.2, 0) is 9.53 Å². The molecule has 0 aliphatic heterocycles. The molecule has 0 aromatic rings. The molecule has 0 spiro atoms. The lowest BCUT2D eigenvalue weighted by molar-refractivity contribution is -0.124. The monoisotopic (exact) mass is 270 g/mol. The largest absolute Gasteiger partial charge is 0.376 e. The molecule has 0 aromatic carbocycles. The zero-order valence-corrected chi connectivity index (χ0v) is 12.7. The van der Waals surface area contributed by atoms with E-state index >= 15 is 0 Å². The predicted octanol–water partition coefficient (Wildman–Crippen LogP) is 2.22. The Kier molecular flexibility index (Phi) is 6.80. The minimum Gasteiger partial charge on any atom is -0.376 e. The molecule has 112 valence electrons. The van der Waals surface area contributed by atoms with Crippen molar-refractivity contribution in [2.45, 2.75) is 71.4 Å². The molecule has 1 aliphatic carbocycles. The number of hydrogen-bond acceptors (Lipinski definition) is 3. The van der Waals surface area contributed by atoms with Crippen LogP contribution in [0.15, 0.2) is 0 Å². The van der Waals surface area contributed by atoms with Gasteiger partial charge >= 0.3 is 0 Å². The molecule has 1 rings (SSSR count). The lowest BCUT2D eigenvalue weighted by Gasteiger charge is -2.26. The Morgan fingerprint density at radius 1 is 1.26 bits per heavy atom. The first kappa shape index (κ1) is 16.4. The molecule has 4 heteroatoms. The van der Waals surface area contributed by atoms with Crippen LogP contribution in [0.25, 0.3) is 0 Å². The molecule has 0 saturated heterocycles. The molecule has 1 aliphatic rings. The zero-order chi connectivity index (χ0) is 14.3. The summed E-state index contributed by atoms with van der Waals surface area (Å²) in [5.41, 5.74) is 5.68. The Hall–Kier alpha value is -0.610. The lowest BCUT2D eigenvalue weighted by atomic mass is 9.87. The topological polar surface area (TPSA) is 64.4 Å². The fourth-order valence-corrected chi connectivity index (χ4v) is 2.31. The Morgan fingerprint density at radius 3 is 2.37 bits per heavy atom. The summed E-state index contributed by atoms with van der Waals surface area (Å²) in [6, 6.07) is -0.467. The average molecular weight is 270 g/mol. The van der Waals surface area contributed by atoms with Crippen molar-refractivity contribution >= 4 is 5.91 Å². The second-order valence-electron chi connectivity index (χ2n) is 6.62. The number of nitrogens with one attached hydrogen (secondary N) is 1. The minimum absolute atomic E-state index is 0.0861. The Balaban J connectivity index is 2.14. The van der Waals surface area contributed by atoms with Crippen LogP contribution in [0.5, 0.6) is 0 Å². The summed E-state index contributed by atoms with van der Waals surface area (Å²) in [5, 5.41) is 2.86. The highest BCUT2D eigenvalue weighted by Gasteiger charge is 2.27. The van der Waals surface area contributed by atoms with Crippen molar-refractivity contribution in [1.82, 2.24) is 5.32 Å². The Bertz CT molecular complexity index is 266. The van der Waals surface area contributed by atoms with E-state index in [4.69, 9.17) is 10.5 Å². The summed E-state index contributed by atoms with van der Waals surface area (Å²) in [5.74, 6) is -0.0861. The van der Waals surface area contributed by atoms with Crippen LogP contribution in [0.3, 0.4) is 0 Å². The summed E-state index contributed by atoms with van der Waals surface area (Å²) >= 11 is 0. The van der Waals surface area contributed by atoms with E-state index in [9.17, 15) is 4.79 Å². The van der Waals surface area contributed by atoms with Gasteiger partial charge in [0.15, 0.2) is 0 Å². The second-order valence-corrected chi connectivity index (χ2v) is 6.62.